The fourth-order valence-corrected chi connectivity index (χ4v) is 2.92. The molecule has 0 fully saturated rings. The lowest BCUT2D eigenvalue weighted by Gasteiger charge is -2.28. The van der Waals surface area contributed by atoms with E-state index < -0.39 is 35.9 Å². The van der Waals surface area contributed by atoms with Gasteiger partial charge in [-0.1, -0.05) is 33.8 Å². The van der Waals surface area contributed by atoms with E-state index in [1.165, 1.54) is 18.2 Å². The molecule has 0 saturated carbocycles. The summed E-state index contributed by atoms with van der Waals surface area (Å²) in [7, 11) is 0. The summed E-state index contributed by atoms with van der Waals surface area (Å²) in [5.74, 6) is -2.45. The molecule has 0 amide bonds. The maximum atomic E-state index is 12.0. The minimum atomic E-state index is -1.81. The largest absolute Gasteiger partial charge is 0.513 e. The topological polar surface area (TPSA) is 161 Å². The van der Waals surface area contributed by atoms with Gasteiger partial charge in [-0.3, -0.25) is 9.59 Å². The van der Waals surface area contributed by atoms with Crippen molar-refractivity contribution in [1.29, 1.82) is 0 Å². The van der Waals surface area contributed by atoms with E-state index in [4.69, 9.17) is 29.4 Å². The molecule has 2 atom stereocenters. The lowest BCUT2D eigenvalue weighted by atomic mass is 9.86. The molecule has 0 heterocycles. The molecule has 0 saturated heterocycles. The fraction of sp³-hybridized carbons (Fsp3) is 0.583. The Bertz CT molecular complexity index is 885. The Kier molecular flexibility index (Phi) is 12.0. The summed E-state index contributed by atoms with van der Waals surface area (Å²) in [6.07, 6.45) is -2.01. The Morgan fingerprint density at radius 3 is 1.97 bits per heavy atom. The second-order valence-corrected chi connectivity index (χ2v) is 8.43. The van der Waals surface area contributed by atoms with Crippen LogP contribution in [0.3, 0.4) is 0 Å². The lowest BCUT2D eigenvalue weighted by Crippen LogP contribution is -2.52. The molecule has 196 valence electrons. The highest BCUT2D eigenvalue weighted by Gasteiger charge is 2.37. The summed E-state index contributed by atoms with van der Waals surface area (Å²) < 4.78 is 25.3. The van der Waals surface area contributed by atoms with Gasteiger partial charge in [-0.2, -0.15) is 0 Å². The van der Waals surface area contributed by atoms with E-state index in [0.29, 0.717) is 18.4 Å². The second-order valence-electron chi connectivity index (χ2n) is 8.43. The average Bonchev–Trinajstić information content (AvgIpc) is 2.77. The van der Waals surface area contributed by atoms with E-state index in [-0.39, 0.29) is 43.5 Å². The first-order valence-electron chi connectivity index (χ1n) is 11.5. The van der Waals surface area contributed by atoms with Crippen molar-refractivity contribution >= 4 is 24.2 Å². The first-order chi connectivity index (χ1) is 16.4. The van der Waals surface area contributed by atoms with Crippen LogP contribution in [0.15, 0.2) is 18.2 Å². The van der Waals surface area contributed by atoms with Crippen molar-refractivity contribution in [2.45, 2.75) is 71.9 Å². The smallest absolute Gasteiger partial charge is 0.480 e. The van der Waals surface area contributed by atoms with Gasteiger partial charge in [-0.15, -0.1) is 0 Å². The number of nitrogens with two attached hydrogens (primary N) is 1. The van der Waals surface area contributed by atoms with Crippen LogP contribution in [0.25, 0.3) is 0 Å². The molecule has 0 aromatic heterocycles. The van der Waals surface area contributed by atoms with Crippen molar-refractivity contribution in [3.63, 3.8) is 0 Å². The van der Waals surface area contributed by atoms with Crippen molar-refractivity contribution in [2.24, 2.45) is 11.7 Å². The Morgan fingerprint density at radius 2 is 1.49 bits per heavy atom. The quantitative estimate of drug-likeness (QED) is 0.231. The molecule has 0 radical (unpaired) electrons. The van der Waals surface area contributed by atoms with E-state index >= 15 is 0 Å². The van der Waals surface area contributed by atoms with Crippen molar-refractivity contribution in [3.8, 4) is 11.5 Å². The van der Waals surface area contributed by atoms with Crippen molar-refractivity contribution in [3.05, 3.63) is 23.8 Å². The molecule has 1 unspecified atom stereocenters. The van der Waals surface area contributed by atoms with Crippen LogP contribution < -0.4 is 15.2 Å². The second kappa shape index (κ2) is 14.1. The Hall–Kier alpha value is -3.34. The Balaban J connectivity index is 3.16. The van der Waals surface area contributed by atoms with Gasteiger partial charge < -0.3 is 34.5 Å². The van der Waals surface area contributed by atoms with Crippen LogP contribution in [0.4, 0.5) is 9.59 Å². The van der Waals surface area contributed by atoms with Gasteiger partial charge in [-0.05, 0) is 37.5 Å². The van der Waals surface area contributed by atoms with E-state index in [1.807, 2.05) is 6.92 Å². The Morgan fingerprint density at radius 1 is 0.943 bits per heavy atom. The van der Waals surface area contributed by atoms with E-state index in [2.05, 4.69) is 0 Å². The first-order valence-corrected chi connectivity index (χ1v) is 11.5. The summed E-state index contributed by atoms with van der Waals surface area (Å²) >= 11 is 0. The van der Waals surface area contributed by atoms with Crippen molar-refractivity contribution < 1.29 is 48.0 Å². The SMILES string of the molecule is CCCOC(=O)Oc1ccc(CC(N)(C[C@H](C)OC(=O)C(C)C)C(=O)O)cc1OC(=O)OCCC. The standard InChI is InChI=1S/C24H35NO10/c1-6-10-31-22(29)34-18-9-8-17(12-19(18)35-23(30)32-11-7-2)14-24(25,21(27)28)13-16(5)33-20(26)15(3)4/h8-9,12,15-16H,6-7,10-11,13-14,25H2,1-5H3,(H,27,28)/t16-,24?/m0/s1. The molecule has 0 aliphatic heterocycles. The minimum absolute atomic E-state index is 0.116. The summed E-state index contributed by atoms with van der Waals surface area (Å²) in [5.41, 5.74) is 4.75. The summed E-state index contributed by atoms with van der Waals surface area (Å²) in [4.78, 5) is 47.8. The number of rotatable bonds is 13. The molecule has 0 aliphatic carbocycles. The van der Waals surface area contributed by atoms with Crippen LogP contribution in [0.5, 0.6) is 11.5 Å². The molecular weight excluding hydrogens is 462 g/mol. The number of benzene rings is 1. The summed E-state index contributed by atoms with van der Waals surface area (Å²) in [6.45, 7) is 8.75. The predicted octanol–water partition coefficient (Wildman–Crippen LogP) is 3.84. The Labute approximate surface area is 204 Å². The van der Waals surface area contributed by atoms with Crippen LogP contribution >= 0.6 is 0 Å². The van der Waals surface area contributed by atoms with Gasteiger partial charge in [0.05, 0.1) is 19.1 Å². The van der Waals surface area contributed by atoms with E-state index in [1.54, 1.807) is 27.7 Å². The number of carbonyl (C=O) groups is 4. The number of esters is 1. The van der Waals surface area contributed by atoms with Gasteiger partial charge in [0.2, 0.25) is 0 Å². The molecular formula is C24H35NO10. The van der Waals surface area contributed by atoms with Gasteiger partial charge in [0.25, 0.3) is 0 Å². The molecule has 0 bridgehead atoms. The minimum Gasteiger partial charge on any atom is -0.480 e. The zero-order valence-electron chi connectivity index (χ0n) is 20.8. The number of carboxylic acid groups (broad SMARTS) is 1. The third-order valence-corrected chi connectivity index (χ3v) is 4.63. The average molecular weight is 498 g/mol. The molecule has 35 heavy (non-hydrogen) atoms. The highest BCUT2D eigenvalue weighted by molar-refractivity contribution is 5.79. The molecule has 1 aromatic carbocycles. The number of carbonyl (C=O) groups excluding carboxylic acids is 3. The number of hydrogen-bond donors (Lipinski definition) is 2. The normalized spacial score (nSPS) is 13.3. The first kappa shape index (κ1) is 29.7. The monoisotopic (exact) mass is 497 g/mol. The maximum Gasteiger partial charge on any atom is 0.513 e. The number of hydrogen-bond acceptors (Lipinski definition) is 10. The predicted molar refractivity (Wildman–Crippen MR) is 124 cm³/mol. The molecule has 3 N–H and O–H groups in total. The molecule has 1 aromatic rings. The third-order valence-electron chi connectivity index (χ3n) is 4.63. The number of ether oxygens (including phenoxy) is 5. The molecule has 11 heteroatoms. The molecule has 0 spiro atoms. The van der Waals surface area contributed by atoms with E-state index in [9.17, 15) is 24.3 Å². The lowest BCUT2D eigenvalue weighted by molar-refractivity contribution is -0.156. The van der Waals surface area contributed by atoms with Crippen LogP contribution in [0.1, 0.15) is 59.4 Å². The van der Waals surface area contributed by atoms with Gasteiger partial charge in [0.15, 0.2) is 11.5 Å². The van der Waals surface area contributed by atoms with Gasteiger partial charge in [0, 0.05) is 12.8 Å². The van der Waals surface area contributed by atoms with Crippen LogP contribution in [-0.2, 0) is 30.2 Å². The summed E-state index contributed by atoms with van der Waals surface area (Å²) in [5, 5.41) is 9.80. The summed E-state index contributed by atoms with van der Waals surface area (Å²) in [6, 6.07) is 4.13. The highest BCUT2D eigenvalue weighted by atomic mass is 16.7. The van der Waals surface area contributed by atoms with Crippen molar-refractivity contribution in [2.75, 3.05) is 13.2 Å². The van der Waals surface area contributed by atoms with Gasteiger partial charge in [-0.25, -0.2) is 9.59 Å². The van der Waals surface area contributed by atoms with Crippen LogP contribution in [-0.4, -0.2) is 54.2 Å². The maximum absolute atomic E-state index is 12.0. The number of carboxylic acids is 1. The van der Waals surface area contributed by atoms with Crippen LogP contribution in [0.2, 0.25) is 0 Å². The van der Waals surface area contributed by atoms with Gasteiger partial charge in [0.1, 0.15) is 11.6 Å². The zero-order chi connectivity index (χ0) is 26.6. The van der Waals surface area contributed by atoms with Crippen molar-refractivity contribution in [1.82, 2.24) is 0 Å². The van der Waals surface area contributed by atoms with Gasteiger partial charge >= 0.3 is 24.2 Å². The van der Waals surface area contributed by atoms with Crippen LogP contribution in [0, 0.1) is 5.92 Å². The zero-order valence-corrected chi connectivity index (χ0v) is 20.8. The molecule has 1 rings (SSSR count). The highest BCUT2D eigenvalue weighted by Crippen LogP contribution is 2.31. The van der Waals surface area contributed by atoms with E-state index in [0.717, 1.165) is 0 Å². The number of aliphatic carboxylic acids is 1. The fourth-order valence-electron chi connectivity index (χ4n) is 2.92. The third kappa shape index (κ3) is 10.2. The molecule has 0 aliphatic rings. The molecule has 11 nitrogen and oxygen atoms in total.